The Morgan fingerprint density at radius 3 is 2.65 bits per heavy atom. The lowest BCUT2D eigenvalue weighted by molar-refractivity contribution is 0.0600. The molecule has 0 amide bonds. The molecule has 2 rings (SSSR count). The van der Waals surface area contributed by atoms with E-state index in [0.717, 1.165) is 37.6 Å². The molecule has 1 aromatic carbocycles. The Hall–Kier alpha value is -1.55. The number of esters is 1. The van der Waals surface area contributed by atoms with Crippen LogP contribution >= 0.6 is 0 Å². The van der Waals surface area contributed by atoms with Gasteiger partial charge in [0.1, 0.15) is 0 Å². The number of ether oxygens (including phenoxy) is 2. The summed E-state index contributed by atoms with van der Waals surface area (Å²) in [7, 11) is 1.40. The first-order chi connectivity index (χ1) is 8.22. The van der Waals surface area contributed by atoms with Crippen molar-refractivity contribution < 1.29 is 14.3 Å². The highest BCUT2D eigenvalue weighted by Gasteiger charge is 2.14. The Kier molecular flexibility index (Phi) is 3.64. The van der Waals surface area contributed by atoms with Crippen molar-refractivity contribution in [2.75, 3.05) is 38.3 Å². The average molecular weight is 235 g/mol. The van der Waals surface area contributed by atoms with Gasteiger partial charge < -0.3 is 14.4 Å². The number of hydrogen-bond acceptors (Lipinski definition) is 4. The van der Waals surface area contributed by atoms with Crippen LogP contribution in [0.4, 0.5) is 5.69 Å². The van der Waals surface area contributed by atoms with Gasteiger partial charge in [0.05, 0.1) is 25.9 Å². The Morgan fingerprint density at radius 2 is 2.06 bits per heavy atom. The highest BCUT2D eigenvalue weighted by atomic mass is 16.5. The monoisotopic (exact) mass is 235 g/mol. The summed E-state index contributed by atoms with van der Waals surface area (Å²) in [5.41, 5.74) is 2.71. The molecule has 0 spiro atoms. The summed E-state index contributed by atoms with van der Waals surface area (Å²) in [6.07, 6.45) is 0. The first-order valence-corrected chi connectivity index (χ1v) is 5.74. The van der Waals surface area contributed by atoms with E-state index in [0.29, 0.717) is 5.56 Å². The van der Waals surface area contributed by atoms with Crippen molar-refractivity contribution in [2.24, 2.45) is 0 Å². The number of benzene rings is 1. The number of rotatable bonds is 2. The second-order valence-corrected chi connectivity index (χ2v) is 4.09. The van der Waals surface area contributed by atoms with Crippen molar-refractivity contribution in [3.05, 3.63) is 29.3 Å². The molecule has 0 unspecified atom stereocenters. The Labute approximate surface area is 101 Å². The Bertz CT molecular complexity index is 411. The van der Waals surface area contributed by atoms with Crippen LogP contribution in [0, 0.1) is 6.92 Å². The third-order valence-corrected chi connectivity index (χ3v) is 2.99. The minimum Gasteiger partial charge on any atom is -0.465 e. The van der Waals surface area contributed by atoms with Crippen LogP contribution in [0.1, 0.15) is 15.9 Å². The largest absolute Gasteiger partial charge is 0.465 e. The highest BCUT2D eigenvalue weighted by Crippen LogP contribution is 2.20. The van der Waals surface area contributed by atoms with Crippen LogP contribution < -0.4 is 4.90 Å². The zero-order valence-electron chi connectivity index (χ0n) is 10.2. The van der Waals surface area contributed by atoms with Crippen LogP contribution in [0.3, 0.4) is 0 Å². The number of carbonyl (C=O) groups excluding carboxylic acids is 1. The van der Waals surface area contributed by atoms with Gasteiger partial charge in [-0.1, -0.05) is 0 Å². The topological polar surface area (TPSA) is 38.8 Å². The lowest BCUT2D eigenvalue weighted by Crippen LogP contribution is -2.36. The molecule has 1 aliphatic heterocycles. The Balaban J connectivity index is 2.20. The van der Waals surface area contributed by atoms with Gasteiger partial charge in [0.2, 0.25) is 0 Å². The summed E-state index contributed by atoms with van der Waals surface area (Å²) < 4.78 is 10.0. The fourth-order valence-corrected chi connectivity index (χ4v) is 2.01. The second-order valence-electron chi connectivity index (χ2n) is 4.09. The predicted octanol–water partition coefficient (Wildman–Crippen LogP) is 1.62. The number of anilines is 1. The van der Waals surface area contributed by atoms with Gasteiger partial charge in [0.25, 0.3) is 0 Å². The molecule has 4 heteroatoms. The molecule has 1 saturated heterocycles. The highest BCUT2D eigenvalue weighted by molar-refractivity contribution is 5.91. The number of nitrogens with zero attached hydrogens (tertiary/aromatic N) is 1. The standard InChI is InChI=1S/C13H17NO3/c1-10-9-11(14-5-7-17-8-6-14)3-4-12(10)13(15)16-2/h3-4,9H,5-8H2,1-2H3. The number of aryl methyl sites for hydroxylation is 1. The number of methoxy groups -OCH3 is 1. The minimum atomic E-state index is -0.281. The zero-order valence-corrected chi connectivity index (χ0v) is 10.2. The van der Waals surface area contributed by atoms with Crippen molar-refractivity contribution in [1.82, 2.24) is 0 Å². The maximum absolute atomic E-state index is 11.5. The molecule has 0 aromatic heterocycles. The van der Waals surface area contributed by atoms with E-state index in [2.05, 4.69) is 4.90 Å². The van der Waals surface area contributed by atoms with Gasteiger partial charge >= 0.3 is 5.97 Å². The molecular weight excluding hydrogens is 218 g/mol. The van der Waals surface area contributed by atoms with Crippen molar-refractivity contribution in [2.45, 2.75) is 6.92 Å². The lowest BCUT2D eigenvalue weighted by Gasteiger charge is -2.29. The SMILES string of the molecule is COC(=O)c1ccc(N2CCOCC2)cc1C. The maximum atomic E-state index is 11.5. The summed E-state index contributed by atoms with van der Waals surface area (Å²) in [6.45, 7) is 5.25. The molecule has 0 bridgehead atoms. The number of morpholine rings is 1. The lowest BCUT2D eigenvalue weighted by atomic mass is 10.1. The third-order valence-electron chi connectivity index (χ3n) is 2.99. The van der Waals surface area contributed by atoms with Crippen LogP contribution in [-0.2, 0) is 9.47 Å². The van der Waals surface area contributed by atoms with Gasteiger partial charge in [-0.2, -0.15) is 0 Å². The number of hydrogen-bond donors (Lipinski definition) is 0. The summed E-state index contributed by atoms with van der Waals surface area (Å²) in [5.74, 6) is -0.281. The molecule has 1 heterocycles. The molecule has 0 N–H and O–H groups in total. The van der Waals surface area contributed by atoms with E-state index < -0.39 is 0 Å². The van der Waals surface area contributed by atoms with Crippen molar-refractivity contribution in [3.63, 3.8) is 0 Å². The van der Waals surface area contributed by atoms with E-state index in [1.54, 1.807) is 0 Å². The van der Waals surface area contributed by atoms with Crippen LogP contribution in [0.15, 0.2) is 18.2 Å². The molecule has 0 radical (unpaired) electrons. The van der Waals surface area contributed by atoms with Gasteiger partial charge in [-0.05, 0) is 30.7 Å². The van der Waals surface area contributed by atoms with Crippen LogP contribution in [-0.4, -0.2) is 39.4 Å². The molecule has 92 valence electrons. The summed E-state index contributed by atoms with van der Waals surface area (Å²) in [6, 6.07) is 5.81. The molecule has 0 aliphatic carbocycles. The first-order valence-electron chi connectivity index (χ1n) is 5.74. The van der Waals surface area contributed by atoms with Crippen LogP contribution in [0.5, 0.6) is 0 Å². The van der Waals surface area contributed by atoms with Gasteiger partial charge in [0.15, 0.2) is 0 Å². The molecule has 1 aromatic rings. The van der Waals surface area contributed by atoms with Crippen molar-refractivity contribution >= 4 is 11.7 Å². The molecule has 0 atom stereocenters. The van der Waals surface area contributed by atoms with Gasteiger partial charge in [-0.25, -0.2) is 4.79 Å². The molecule has 17 heavy (non-hydrogen) atoms. The fraction of sp³-hybridized carbons (Fsp3) is 0.462. The van der Waals surface area contributed by atoms with Gasteiger partial charge in [0, 0.05) is 18.8 Å². The van der Waals surface area contributed by atoms with Crippen molar-refractivity contribution in [1.29, 1.82) is 0 Å². The molecule has 0 saturated carbocycles. The van der Waals surface area contributed by atoms with E-state index in [4.69, 9.17) is 9.47 Å². The van der Waals surface area contributed by atoms with E-state index in [-0.39, 0.29) is 5.97 Å². The maximum Gasteiger partial charge on any atom is 0.338 e. The summed E-state index contributed by atoms with van der Waals surface area (Å²) in [4.78, 5) is 13.7. The molecule has 1 aliphatic rings. The van der Waals surface area contributed by atoms with Gasteiger partial charge in [-0.3, -0.25) is 0 Å². The van der Waals surface area contributed by atoms with Crippen LogP contribution in [0.2, 0.25) is 0 Å². The van der Waals surface area contributed by atoms with Crippen LogP contribution in [0.25, 0.3) is 0 Å². The van der Waals surface area contributed by atoms with Crippen molar-refractivity contribution in [3.8, 4) is 0 Å². The zero-order chi connectivity index (χ0) is 12.3. The third kappa shape index (κ3) is 2.58. The first kappa shape index (κ1) is 11.9. The van der Waals surface area contributed by atoms with E-state index in [1.165, 1.54) is 7.11 Å². The molecule has 4 nitrogen and oxygen atoms in total. The Morgan fingerprint density at radius 1 is 1.35 bits per heavy atom. The smallest absolute Gasteiger partial charge is 0.338 e. The summed E-state index contributed by atoms with van der Waals surface area (Å²) >= 11 is 0. The fourth-order valence-electron chi connectivity index (χ4n) is 2.01. The molecular formula is C13H17NO3. The summed E-state index contributed by atoms with van der Waals surface area (Å²) in [5, 5.41) is 0. The molecule has 1 fully saturated rings. The second kappa shape index (κ2) is 5.19. The quantitative estimate of drug-likeness (QED) is 0.730. The van der Waals surface area contributed by atoms with Gasteiger partial charge in [-0.15, -0.1) is 0 Å². The van der Waals surface area contributed by atoms with E-state index in [9.17, 15) is 4.79 Å². The number of carbonyl (C=O) groups is 1. The minimum absolute atomic E-state index is 0.281. The van der Waals surface area contributed by atoms with E-state index >= 15 is 0 Å². The predicted molar refractivity (Wildman–Crippen MR) is 65.6 cm³/mol. The van der Waals surface area contributed by atoms with E-state index in [1.807, 2.05) is 25.1 Å². The normalized spacial score (nSPS) is 15.8. The average Bonchev–Trinajstić information content (AvgIpc) is 2.39.